The summed E-state index contributed by atoms with van der Waals surface area (Å²) in [5.41, 5.74) is 4.17. The topological polar surface area (TPSA) is 63.4 Å². The zero-order chi connectivity index (χ0) is 21.9. The third-order valence-electron chi connectivity index (χ3n) is 5.79. The van der Waals surface area contributed by atoms with Crippen LogP contribution in [0.2, 0.25) is 5.02 Å². The second-order valence-corrected chi connectivity index (χ2v) is 8.37. The molecule has 0 saturated heterocycles. The fraction of sp³-hybridized carbons (Fsp3) is 0.160. The van der Waals surface area contributed by atoms with Crippen LogP contribution in [-0.2, 0) is 0 Å². The van der Waals surface area contributed by atoms with Crippen LogP contribution in [0.1, 0.15) is 44.4 Å². The van der Waals surface area contributed by atoms with E-state index in [1.807, 2.05) is 39.0 Å². The summed E-state index contributed by atoms with van der Waals surface area (Å²) in [5.74, 6) is 0.101. The molecule has 1 unspecified atom stereocenters. The van der Waals surface area contributed by atoms with Gasteiger partial charge in [-0.25, -0.2) is 4.98 Å². The Morgan fingerprint density at radius 2 is 1.77 bits per heavy atom. The van der Waals surface area contributed by atoms with Crippen molar-refractivity contribution in [1.29, 1.82) is 0 Å². The normalized spacial score (nSPS) is 15.5. The van der Waals surface area contributed by atoms with Crippen molar-refractivity contribution in [3.8, 4) is 0 Å². The van der Waals surface area contributed by atoms with Gasteiger partial charge in [-0.15, -0.1) is 0 Å². The lowest BCUT2D eigenvalue weighted by molar-refractivity contribution is 0.0970. The lowest BCUT2D eigenvalue weighted by Gasteiger charge is -2.24. The predicted molar refractivity (Wildman–Crippen MR) is 121 cm³/mol. The van der Waals surface area contributed by atoms with Crippen LogP contribution in [0.3, 0.4) is 0 Å². The fourth-order valence-electron chi connectivity index (χ4n) is 4.06. The lowest BCUT2D eigenvalue weighted by atomic mass is 9.97. The molecule has 2 aromatic carbocycles. The fourth-order valence-corrected chi connectivity index (χ4v) is 4.26. The first-order chi connectivity index (χ1) is 14.8. The van der Waals surface area contributed by atoms with Crippen LogP contribution in [0.15, 0.2) is 63.9 Å². The number of carbonyl (C=O) groups is 1. The molecule has 0 spiro atoms. The molecule has 2 aromatic heterocycles. The van der Waals surface area contributed by atoms with Crippen molar-refractivity contribution in [3.63, 3.8) is 0 Å². The van der Waals surface area contributed by atoms with Gasteiger partial charge in [-0.1, -0.05) is 29.8 Å². The van der Waals surface area contributed by atoms with Crippen molar-refractivity contribution < 1.29 is 9.21 Å². The number of carbonyl (C=O) groups excluding carboxylic acids is 1. The van der Waals surface area contributed by atoms with Gasteiger partial charge in [-0.2, -0.15) is 0 Å². The van der Waals surface area contributed by atoms with Gasteiger partial charge in [0.2, 0.25) is 5.76 Å². The minimum atomic E-state index is -0.682. The zero-order valence-corrected chi connectivity index (χ0v) is 18.0. The molecule has 0 radical (unpaired) electrons. The van der Waals surface area contributed by atoms with Crippen molar-refractivity contribution in [2.75, 3.05) is 4.90 Å². The van der Waals surface area contributed by atoms with E-state index in [1.165, 1.54) is 4.90 Å². The Bertz CT molecular complexity index is 1420. The minimum Gasteiger partial charge on any atom is -0.450 e. The van der Waals surface area contributed by atoms with Crippen LogP contribution < -0.4 is 10.3 Å². The Kier molecular flexibility index (Phi) is 4.45. The highest BCUT2D eigenvalue weighted by molar-refractivity contribution is 6.30. The summed E-state index contributed by atoms with van der Waals surface area (Å²) in [6, 6.07) is 13.8. The van der Waals surface area contributed by atoms with Gasteiger partial charge in [0.15, 0.2) is 5.43 Å². The molecule has 1 aliphatic rings. The van der Waals surface area contributed by atoms with Gasteiger partial charge in [0.1, 0.15) is 11.4 Å². The molecule has 1 aliphatic heterocycles. The highest BCUT2D eigenvalue weighted by Crippen LogP contribution is 2.41. The van der Waals surface area contributed by atoms with E-state index in [-0.39, 0.29) is 11.2 Å². The van der Waals surface area contributed by atoms with Crippen molar-refractivity contribution >= 4 is 34.3 Å². The van der Waals surface area contributed by atoms with E-state index in [0.717, 1.165) is 22.3 Å². The summed E-state index contributed by atoms with van der Waals surface area (Å²) < 4.78 is 6.04. The average molecular weight is 431 g/mol. The van der Waals surface area contributed by atoms with Crippen LogP contribution >= 0.6 is 11.6 Å². The Morgan fingerprint density at radius 3 is 2.48 bits per heavy atom. The van der Waals surface area contributed by atoms with Crippen molar-refractivity contribution in [1.82, 2.24) is 4.98 Å². The molecule has 0 saturated carbocycles. The summed E-state index contributed by atoms with van der Waals surface area (Å²) in [7, 11) is 0. The maximum Gasteiger partial charge on any atom is 0.296 e. The first kappa shape index (κ1) is 19.5. The Morgan fingerprint density at radius 1 is 1.00 bits per heavy atom. The molecule has 6 heteroatoms. The van der Waals surface area contributed by atoms with Gasteiger partial charge in [0.25, 0.3) is 5.91 Å². The smallest absolute Gasteiger partial charge is 0.296 e. The van der Waals surface area contributed by atoms with E-state index in [4.69, 9.17) is 16.0 Å². The molecule has 31 heavy (non-hydrogen) atoms. The standard InChI is InChI=1S/C25H19ClN2O3/c1-13-7-8-20(27-12-13)28-22(16-5-4-6-17(26)11-16)21-23(29)18-9-14(2)15(3)10-19(18)31-24(21)25(28)30/h4-12,22H,1-3H3. The second-order valence-electron chi connectivity index (χ2n) is 7.93. The van der Waals surface area contributed by atoms with Crippen LogP contribution in [0, 0.1) is 20.8 Å². The van der Waals surface area contributed by atoms with E-state index >= 15 is 0 Å². The molecule has 0 N–H and O–H groups in total. The monoisotopic (exact) mass is 430 g/mol. The second kappa shape index (κ2) is 7.06. The number of nitrogens with zero attached hydrogens (tertiary/aromatic N) is 2. The van der Waals surface area contributed by atoms with E-state index in [2.05, 4.69) is 4.98 Å². The molecular formula is C25H19ClN2O3. The van der Waals surface area contributed by atoms with E-state index in [1.54, 1.807) is 36.5 Å². The Hall–Kier alpha value is -3.44. The summed E-state index contributed by atoms with van der Waals surface area (Å²) in [4.78, 5) is 33.1. The molecule has 0 bridgehead atoms. The van der Waals surface area contributed by atoms with Gasteiger partial charge < -0.3 is 4.42 Å². The molecule has 0 aliphatic carbocycles. The van der Waals surface area contributed by atoms with E-state index < -0.39 is 11.9 Å². The number of fused-ring (bicyclic) bond motifs is 2. The maximum atomic E-state index is 13.6. The van der Waals surface area contributed by atoms with E-state index in [0.29, 0.717) is 27.4 Å². The van der Waals surface area contributed by atoms with E-state index in [9.17, 15) is 9.59 Å². The molecule has 1 atom stereocenters. The maximum absolute atomic E-state index is 13.6. The minimum absolute atomic E-state index is 0.0492. The summed E-state index contributed by atoms with van der Waals surface area (Å²) in [5, 5.41) is 0.979. The van der Waals surface area contributed by atoms with Crippen molar-refractivity contribution in [2.24, 2.45) is 0 Å². The highest BCUT2D eigenvalue weighted by atomic mass is 35.5. The molecule has 154 valence electrons. The molecule has 4 aromatic rings. The number of amides is 1. The van der Waals surface area contributed by atoms with Crippen LogP contribution in [0.25, 0.3) is 11.0 Å². The summed E-state index contributed by atoms with van der Waals surface area (Å²) >= 11 is 6.25. The average Bonchev–Trinajstić information content (AvgIpc) is 3.03. The van der Waals surface area contributed by atoms with Gasteiger partial charge in [-0.05, 0) is 73.4 Å². The number of pyridine rings is 1. The van der Waals surface area contributed by atoms with Crippen LogP contribution in [0.4, 0.5) is 5.82 Å². The van der Waals surface area contributed by atoms with Crippen molar-refractivity contribution in [2.45, 2.75) is 26.8 Å². The highest BCUT2D eigenvalue weighted by Gasteiger charge is 2.44. The summed E-state index contributed by atoms with van der Waals surface area (Å²) in [6.45, 7) is 5.82. The number of halogens is 1. The number of hydrogen-bond donors (Lipinski definition) is 0. The zero-order valence-electron chi connectivity index (χ0n) is 17.3. The first-order valence-electron chi connectivity index (χ1n) is 9.95. The number of hydrogen-bond acceptors (Lipinski definition) is 4. The quantitative estimate of drug-likeness (QED) is 0.420. The molecule has 5 nitrogen and oxygen atoms in total. The SMILES string of the molecule is Cc1ccc(N2C(=O)c3oc4cc(C)c(C)cc4c(=O)c3C2c2cccc(Cl)c2)nc1. The third-order valence-corrected chi connectivity index (χ3v) is 6.03. The number of rotatable bonds is 2. The number of anilines is 1. The Labute approximate surface area is 183 Å². The predicted octanol–water partition coefficient (Wildman–Crippen LogP) is 5.52. The van der Waals surface area contributed by atoms with Gasteiger partial charge >= 0.3 is 0 Å². The number of aromatic nitrogens is 1. The Balaban J connectivity index is 1.83. The first-order valence-corrected chi connectivity index (χ1v) is 10.3. The molecule has 3 heterocycles. The number of benzene rings is 2. The molecular weight excluding hydrogens is 412 g/mol. The van der Waals surface area contributed by atoms with Crippen LogP contribution in [0.5, 0.6) is 0 Å². The lowest BCUT2D eigenvalue weighted by Crippen LogP contribution is -2.30. The largest absolute Gasteiger partial charge is 0.450 e. The number of aryl methyl sites for hydroxylation is 3. The van der Waals surface area contributed by atoms with Gasteiger partial charge in [0.05, 0.1) is 17.0 Å². The molecule has 5 rings (SSSR count). The molecule has 0 fully saturated rings. The third kappa shape index (κ3) is 3.04. The van der Waals surface area contributed by atoms with Gasteiger partial charge in [0, 0.05) is 11.2 Å². The van der Waals surface area contributed by atoms with Crippen LogP contribution in [-0.4, -0.2) is 10.9 Å². The van der Waals surface area contributed by atoms with Gasteiger partial charge in [-0.3, -0.25) is 14.5 Å². The van der Waals surface area contributed by atoms with Crippen molar-refractivity contribution in [3.05, 3.63) is 104 Å². The molecule has 1 amide bonds. The summed E-state index contributed by atoms with van der Waals surface area (Å²) in [6.07, 6.45) is 1.69.